The summed E-state index contributed by atoms with van der Waals surface area (Å²) in [5.41, 5.74) is 2.15. The predicted molar refractivity (Wildman–Crippen MR) is 114 cm³/mol. The maximum atomic E-state index is 12.6. The molecule has 1 aliphatic heterocycles. The fraction of sp³-hybridized carbons (Fsp3) is 0.500. The third kappa shape index (κ3) is 7.83. The summed E-state index contributed by atoms with van der Waals surface area (Å²) in [5, 5.41) is 6.10. The lowest BCUT2D eigenvalue weighted by Crippen LogP contribution is -2.47. The van der Waals surface area contributed by atoms with E-state index in [-0.39, 0.29) is 23.2 Å². The van der Waals surface area contributed by atoms with E-state index in [9.17, 15) is 13.2 Å². The van der Waals surface area contributed by atoms with Gasteiger partial charge < -0.3 is 10.6 Å². The van der Waals surface area contributed by atoms with E-state index >= 15 is 0 Å². The van der Waals surface area contributed by atoms with Gasteiger partial charge in [-0.3, -0.25) is 4.79 Å². The van der Waals surface area contributed by atoms with Crippen molar-refractivity contribution in [2.75, 3.05) is 31.6 Å². The average molecular weight is 434 g/mol. The summed E-state index contributed by atoms with van der Waals surface area (Å²) in [4.78, 5) is 12.7. The summed E-state index contributed by atoms with van der Waals surface area (Å²) in [7, 11) is -3.74. The largest absolute Gasteiger partial charge is 0.351 e. The maximum absolute atomic E-state index is 12.6. The molecule has 0 radical (unpaired) electrons. The van der Waals surface area contributed by atoms with Crippen molar-refractivity contribution >= 4 is 40.1 Å². The molecule has 1 aliphatic rings. The first-order chi connectivity index (χ1) is 12.4. The van der Waals surface area contributed by atoms with Crippen molar-refractivity contribution in [3.05, 3.63) is 41.5 Å². The van der Waals surface area contributed by atoms with Crippen LogP contribution in [0.2, 0.25) is 0 Å². The number of hydrogen-bond donors (Lipinski definition) is 3. The number of aryl methyl sites for hydroxylation is 1. The van der Waals surface area contributed by atoms with Gasteiger partial charge in [0.15, 0.2) is 0 Å². The van der Waals surface area contributed by atoms with Crippen molar-refractivity contribution in [3.63, 3.8) is 0 Å². The van der Waals surface area contributed by atoms with Crippen LogP contribution >= 0.6 is 24.2 Å². The topological polar surface area (TPSA) is 87.3 Å². The van der Waals surface area contributed by atoms with Crippen LogP contribution in [-0.2, 0) is 14.8 Å². The number of thioether (sulfide) groups is 1. The van der Waals surface area contributed by atoms with Gasteiger partial charge in [-0.25, -0.2) is 8.42 Å². The second-order valence-electron chi connectivity index (χ2n) is 6.30. The molecule has 0 saturated heterocycles. The quantitative estimate of drug-likeness (QED) is 0.517. The summed E-state index contributed by atoms with van der Waals surface area (Å²) in [6, 6.07) is 5.82. The monoisotopic (exact) mass is 433 g/mol. The average Bonchev–Trinajstić information content (AvgIpc) is 2.64. The first-order valence-corrected chi connectivity index (χ1v) is 11.5. The number of halogens is 1. The lowest BCUT2D eigenvalue weighted by Gasteiger charge is -2.20. The maximum Gasteiger partial charge on any atom is 0.241 e. The minimum absolute atomic E-state index is 0. The van der Waals surface area contributed by atoms with Crippen molar-refractivity contribution in [2.45, 2.75) is 30.7 Å². The van der Waals surface area contributed by atoms with Crippen LogP contribution in [0, 0.1) is 6.92 Å². The van der Waals surface area contributed by atoms with Gasteiger partial charge in [-0.15, -0.1) is 12.4 Å². The first-order valence-electron chi connectivity index (χ1n) is 8.66. The van der Waals surface area contributed by atoms with E-state index in [2.05, 4.69) is 21.4 Å². The fourth-order valence-corrected chi connectivity index (χ4v) is 4.31. The van der Waals surface area contributed by atoms with Gasteiger partial charge in [-0.05, 0) is 50.5 Å². The smallest absolute Gasteiger partial charge is 0.241 e. The molecule has 1 aromatic rings. The molecule has 1 heterocycles. The van der Waals surface area contributed by atoms with Crippen LogP contribution in [0.3, 0.4) is 0 Å². The highest BCUT2D eigenvalue weighted by molar-refractivity contribution is 7.98. The van der Waals surface area contributed by atoms with E-state index in [4.69, 9.17) is 0 Å². The molecule has 0 aliphatic carbocycles. The molecule has 1 unspecified atom stereocenters. The van der Waals surface area contributed by atoms with Gasteiger partial charge in [-0.1, -0.05) is 29.3 Å². The minimum Gasteiger partial charge on any atom is -0.351 e. The molecular formula is C18H28ClN3O3S2. The Kier molecular flexibility index (Phi) is 10.4. The Labute approximate surface area is 172 Å². The Bertz CT molecular complexity index is 737. The number of hydrogen-bond acceptors (Lipinski definition) is 5. The zero-order valence-electron chi connectivity index (χ0n) is 15.7. The minimum atomic E-state index is -3.74. The number of carbonyl (C=O) groups excluding carboxylic acids is 1. The van der Waals surface area contributed by atoms with Crippen molar-refractivity contribution in [2.24, 2.45) is 0 Å². The molecule has 1 aromatic carbocycles. The number of nitrogens with one attached hydrogen (secondary N) is 3. The number of rotatable bonds is 9. The summed E-state index contributed by atoms with van der Waals surface area (Å²) < 4.78 is 27.8. The lowest BCUT2D eigenvalue weighted by atomic mass is 10.1. The van der Waals surface area contributed by atoms with Crippen LogP contribution in [0.5, 0.6) is 0 Å². The van der Waals surface area contributed by atoms with E-state index in [0.29, 0.717) is 18.7 Å². The van der Waals surface area contributed by atoms with Gasteiger partial charge in [0.25, 0.3) is 0 Å². The van der Waals surface area contributed by atoms with Gasteiger partial charge in [0, 0.05) is 13.1 Å². The fourth-order valence-electron chi connectivity index (χ4n) is 2.61. The molecule has 3 N–H and O–H groups in total. The molecule has 0 saturated carbocycles. The zero-order chi connectivity index (χ0) is 19.0. The predicted octanol–water partition coefficient (Wildman–Crippen LogP) is 1.85. The third-order valence-electron chi connectivity index (χ3n) is 4.20. The number of sulfonamides is 1. The van der Waals surface area contributed by atoms with Gasteiger partial charge in [0.2, 0.25) is 15.9 Å². The molecule has 1 atom stereocenters. The van der Waals surface area contributed by atoms with Gasteiger partial charge in [0.1, 0.15) is 6.04 Å². The van der Waals surface area contributed by atoms with Crippen LogP contribution < -0.4 is 15.4 Å². The van der Waals surface area contributed by atoms with Crippen LogP contribution in [0.4, 0.5) is 0 Å². The lowest BCUT2D eigenvalue weighted by molar-refractivity contribution is -0.122. The Morgan fingerprint density at radius 1 is 1.30 bits per heavy atom. The molecule has 9 heteroatoms. The molecule has 2 rings (SSSR count). The number of benzene rings is 1. The van der Waals surface area contributed by atoms with Crippen molar-refractivity contribution < 1.29 is 13.2 Å². The summed E-state index contributed by atoms with van der Waals surface area (Å²) in [5.74, 6) is 0.412. The molecule has 0 spiro atoms. The van der Waals surface area contributed by atoms with E-state index in [1.54, 1.807) is 36.0 Å². The van der Waals surface area contributed by atoms with E-state index in [0.717, 1.165) is 25.1 Å². The van der Waals surface area contributed by atoms with Crippen molar-refractivity contribution in [1.29, 1.82) is 0 Å². The van der Waals surface area contributed by atoms with Crippen LogP contribution in [-0.4, -0.2) is 52.0 Å². The summed E-state index contributed by atoms with van der Waals surface area (Å²) >= 11 is 1.58. The van der Waals surface area contributed by atoms with Gasteiger partial charge in [0.05, 0.1) is 4.90 Å². The van der Waals surface area contributed by atoms with Crippen LogP contribution in [0.1, 0.15) is 18.4 Å². The molecule has 0 bridgehead atoms. The molecule has 0 aromatic heterocycles. The highest BCUT2D eigenvalue weighted by Crippen LogP contribution is 2.12. The summed E-state index contributed by atoms with van der Waals surface area (Å²) in [6.07, 6.45) is 5.34. The number of amides is 1. The molecule has 152 valence electrons. The molecule has 1 amide bonds. The Morgan fingerprint density at radius 3 is 2.59 bits per heavy atom. The molecule has 0 fully saturated rings. The second kappa shape index (κ2) is 11.7. The van der Waals surface area contributed by atoms with Gasteiger partial charge in [-0.2, -0.15) is 16.5 Å². The van der Waals surface area contributed by atoms with E-state index in [1.165, 1.54) is 5.57 Å². The zero-order valence-corrected chi connectivity index (χ0v) is 18.1. The number of carbonyl (C=O) groups is 1. The Morgan fingerprint density at radius 2 is 2.00 bits per heavy atom. The highest BCUT2D eigenvalue weighted by atomic mass is 35.5. The van der Waals surface area contributed by atoms with Crippen molar-refractivity contribution in [3.8, 4) is 0 Å². The van der Waals surface area contributed by atoms with Gasteiger partial charge >= 0.3 is 0 Å². The second-order valence-corrected chi connectivity index (χ2v) is 9.00. The molecular weight excluding hydrogens is 406 g/mol. The molecule has 27 heavy (non-hydrogen) atoms. The SMILES string of the molecule is CSCCC(NS(=O)(=O)c1ccc(C)cc1)C(=O)NCC1=CCNCC1.Cl. The van der Waals surface area contributed by atoms with E-state index < -0.39 is 16.1 Å². The first kappa shape index (κ1) is 24.0. The Balaban J connectivity index is 0.00000364. The normalized spacial score (nSPS) is 15.4. The van der Waals surface area contributed by atoms with Crippen LogP contribution in [0.25, 0.3) is 0 Å². The van der Waals surface area contributed by atoms with E-state index in [1.807, 2.05) is 13.2 Å². The Hall–Kier alpha value is -1.06. The standard InChI is InChI=1S/C18H27N3O3S2.ClH/c1-14-3-5-16(6-4-14)26(23,24)21-17(9-12-25-2)18(22)20-13-15-7-10-19-11-8-15;/h3-7,17,19,21H,8-13H2,1-2H3,(H,20,22);1H. The van der Waals surface area contributed by atoms with Crippen LogP contribution in [0.15, 0.2) is 40.8 Å². The summed E-state index contributed by atoms with van der Waals surface area (Å²) in [6.45, 7) is 4.06. The van der Waals surface area contributed by atoms with Crippen molar-refractivity contribution in [1.82, 2.24) is 15.4 Å². The third-order valence-corrected chi connectivity index (χ3v) is 6.34. The molecule has 6 nitrogen and oxygen atoms in total. The highest BCUT2D eigenvalue weighted by Gasteiger charge is 2.25.